The van der Waals surface area contributed by atoms with Crippen LogP contribution in [0.4, 0.5) is 15.8 Å². The van der Waals surface area contributed by atoms with Gasteiger partial charge < -0.3 is 11.1 Å². The van der Waals surface area contributed by atoms with Gasteiger partial charge in [0, 0.05) is 35.4 Å². The van der Waals surface area contributed by atoms with Crippen LogP contribution in [0, 0.1) is 5.82 Å². The lowest BCUT2D eigenvalue weighted by molar-refractivity contribution is -0.120. The molecule has 0 bridgehead atoms. The molecule has 1 aromatic carbocycles. The Balaban J connectivity index is 1.98. The van der Waals surface area contributed by atoms with Crippen LogP contribution in [0.3, 0.4) is 0 Å². The van der Waals surface area contributed by atoms with Crippen LogP contribution in [0.15, 0.2) is 18.2 Å². The average molecular weight is 299 g/mol. The number of hydrogen-bond donors (Lipinski definition) is 2. The van der Waals surface area contributed by atoms with Gasteiger partial charge in [-0.1, -0.05) is 0 Å². The molecule has 1 aliphatic heterocycles. The monoisotopic (exact) mass is 299 g/mol. The maximum absolute atomic E-state index is 12.9. The summed E-state index contributed by atoms with van der Waals surface area (Å²) in [4.78, 5) is 14.1. The third-order valence-corrected chi connectivity index (χ3v) is 4.69. The molecule has 110 valence electrons. The summed E-state index contributed by atoms with van der Waals surface area (Å²) in [7, 11) is -0.770. The molecule has 1 amide bonds. The van der Waals surface area contributed by atoms with E-state index in [-0.39, 0.29) is 17.6 Å². The van der Waals surface area contributed by atoms with E-state index in [1.54, 1.807) is 6.92 Å². The summed E-state index contributed by atoms with van der Waals surface area (Å²) in [5.74, 6) is 0.551. The largest absolute Gasteiger partial charge is 0.397 e. The molecular weight excluding hydrogens is 281 g/mol. The van der Waals surface area contributed by atoms with Gasteiger partial charge in [0.2, 0.25) is 5.91 Å². The fraction of sp³-hybridized carbons (Fsp3) is 0.462. The number of benzene rings is 1. The van der Waals surface area contributed by atoms with E-state index in [4.69, 9.17) is 5.73 Å². The first-order chi connectivity index (χ1) is 9.47. The predicted octanol–water partition coefficient (Wildman–Crippen LogP) is 0.799. The molecule has 1 aliphatic rings. The Morgan fingerprint density at radius 1 is 1.45 bits per heavy atom. The van der Waals surface area contributed by atoms with Gasteiger partial charge in [-0.25, -0.2) is 4.39 Å². The molecular formula is C13H18FN3O2S. The first kappa shape index (κ1) is 14.9. The van der Waals surface area contributed by atoms with Crippen LogP contribution < -0.4 is 11.1 Å². The number of hydrogen-bond acceptors (Lipinski definition) is 4. The third-order valence-electron chi connectivity index (χ3n) is 3.41. The van der Waals surface area contributed by atoms with Gasteiger partial charge in [0.05, 0.1) is 17.4 Å². The highest BCUT2D eigenvalue weighted by molar-refractivity contribution is 7.85. The highest BCUT2D eigenvalue weighted by atomic mass is 32.2. The highest BCUT2D eigenvalue weighted by Gasteiger charge is 2.25. The maximum atomic E-state index is 12.9. The zero-order valence-corrected chi connectivity index (χ0v) is 12.1. The van der Waals surface area contributed by atoms with E-state index in [0.717, 1.165) is 0 Å². The second-order valence-electron chi connectivity index (χ2n) is 4.78. The van der Waals surface area contributed by atoms with E-state index in [2.05, 4.69) is 5.32 Å². The van der Waals surface area contributed by atoms with Crippen molar-refractivity contribution < 1.29 is 13.4 Å². The number of nitrogens with two attached hydrogens (primary N) is 1. The highest BCUT2D eigenvalue weighted by Crippen LogP contribution is 2.19. The SMILES string of the molecule is CC(C(=O)Nc1ccc(F)cc1N)N1CCS(=O)CC1. The topological polar surface area (TPSA) is 75.4 Å². The molecule has 1 heterocycles. The number of halogens is 1. The summed E-state index contributed by atoms with van der Waals surface area (Å²) in [6.07, 6.45) is 0. The Morgan fingerprint density at radius 3 is 2.70 bits per heavy atom. The summed E-state index contributed by atoms with van der Waals surface area (Å²) in [6, 6.07) is 3.53. The summed E-state index contributed by atoms with van der Waals surface area (Å²) in [6.45, 7) is 3.07. The minimum absolute atomic E-state index is 0.198. The van der Waals surface area contributed by atoms with Gasteiger partial charge in [-0.05, 0) is 25.1 Å². The summed E-state index contributed by atoms with van der Waals surface area (Å²) in [5, 5.41) is 2.70. The number of nitrogen functional groups attached to an aromatic ring is 1. The predicted molar refractivity (Wildman–Crippen MR) is 78.4 cm³/mol. The van der Waals surface area contributed by atoms with E-state index < -0.39 is 16.6 Å². The van der Waals surface area contributed by atoms with E-state index in [1.807, 2.05) is 4.90 Å². The number of carbonyl (C=O) groups is 1. The Kier molecular flexibility index (Phi) is 4.72. The van der Waals surface area contributed by atoms with Crippen LogP contribution in [0.1, 0.15) is 6.92 Å². The van der Waals surface area contributed by atoms with E-state index >= 15 is 0 Å². The molecule has 1 aromatic rings. The minimum atomic E-state index is -0.770. The number of carbonyl (C=O) groups excluding carboxylic acids is 1. The van der Waals surface area contributed by atoms with Crippen LogP contribution in [-0.4, -0.2) is 45.7 Å². The summed E-state index contributed by atoms with van der Waals surface area (Å²) in [5.41, 5.74) is 6.26. The quantitative estimate of drug-likeness (QED) is 0.810. The smallest absolute Gasteiger partial charge is 0.241 e. The summed E-state index contributed by atoms with van der Waals surface area (Å²) < 4.78 is 24.2. The molecule has 0 spiro atoms. The Bertz CT molecular complexity index is 528. The van der Waals surface area contributed by atoms with Gasteiger partial charge in [0.15, 0.2) is 0 Å². The molecule has 1 atom stereocenters. The van der Waals surface area contributed by atoms with Crippen LogP contribution in [0.2, 0.25) is 0 Å². The molecule has 0 aliphatic carbocycles. The molecule has 0 aromatic heterocycles. The lowest BCUT2D eigenvalue weighted by Crippen LogP contribution is -2.48. The number of amides is 1. The Labute approximate surface area is 119 Å². The van der Waals surface area contributed by atoms with Gasteiger partial charge in [-0.15, -0.1) is 0 Å². The Morgan fingerprint density at radius 2 is 2.10 bits per heavy atom. The fourth-order valence-corrected chi connectivity index (χ4v) is 3.17. The third kappa shape index (κ3) is 3.55. The summed E-state index contributed by atoms with van der Waals surface area (Å²) >= 11 is 0. The standard InChI is InChI=1S/C13H18FN3O2S/c1-9(17-4-6-20(19)7-5-17)13(18)16-12-3-2-10(14)8-11(12)15/h2-3,8-9H,4-7,15H2,1H3,(H,16,18). The first-order valence-electron chi connectivity index (χ1n) is 6.42. The molecule has 3 N–H and O–H groups in total. The van der Waals surface area contributed by atoms with E-state index in [1.165, 1.54) is 18.2 Å². The van der Waals surface area contributed by atoms with Crippen LogP contribution >= 0.6 is 0 Å². The zero-order valence-electron chi connectivity index (χ0n) is 11.3. The van der Waals surface area contributed by atoms with Crippen molar-refractivity contribution in [3.63, 3.8) is 0 Å². The first-order valence-corrected chi connectivity index (χ1v) is 7.91. The van der Waals surface area contributed by atoms with Crippen LogP contribution in [0.25, 0.3) is 0 Å². The number of nitrogens with zero attached hydrogens (tertiary/aromatic N) is 1. The lowest BCUT2D eigenvalue weighted by Gasteiger charge is -2.31. The maximum Gasteiger partial charge on any atom is 0.241 e. The average Bonchev–Trinajstić information content (AvgIpc) is 2.42. The van der Waals surface area contributed by atoms with Crippen molar-refractivity contribution in [3.8, 4) is 0 Å². The molecule has 1 fully saturated rings. The molecule has 2 rings (SSSR count). The van der Waals surface area contributed by atoms with E-state index in [9.17, 15) is 13.4 Å². The van der Waals surface area contributed by atoms with Gasteiger partial charge in [0.25, 0.3) is 0 Å². The molecule has 1 unspecified atom stereocenters. The second kappa shape index (κ2) is 6.32. The molecule has 20 heavy (non-hydrogen) atoms. The number of anilines is 2. The van der Waals surface area contributed by atoms with Gasteiger partial charge in [-0.3, -0.25) is 13.9 Å². The van der Waals surface area contributed by atoms with Gasteiger partial charge >= 0.3 is 0 Å². The van der Waals surface area contributed by atoms with Crippen molar-refractivity contribution in [2.75, 3.05) is 35.6 Å². The molecule has 0 saturated carbocycles. The molecule has 1 saturated heterocycles. The van der Waals surface area contributed by atoms with Crippen molar-refractivity contribution >= 4 is 28.1 Å². The van der Waals surface area contributed by atoms with Crippen molar-refractivity contribution in [3.05, 3.63) is 24.0 Å². The zero-order chi connectivity index (χ0) is 14.7. The van der Waals surface area contributed by atoms with Gasteiger partial charge in [0.1, 0.15) is 5.82 Å². The molecule has 7 heteroatoms. The van der Waals surface area contributed by atoms with Crippen molar-refractivity contribution in [2.24, 2.45) is 0 Å². The normalized spacial score (nSPS) is 18.7. The van der Waals surface area contributed by atoms with Gasteiger partial charge in [-0.2, -0.15) is 0 Å². The van der Waals surface area contributed by atoms with Crippen LogP contribution in [-0.2, 0) is 15.6 Å². The molecule has 5 nitrogen and oxygen atoms in total. The van der Waals surface area contributed by atoms with Crippen molar-refractivity contribution in [2.45, 2.75) is 13.0 Å². The second-order valence-corrected chi connectivity index (χ2v) is 6.48. The Hall–Kier alpha value is -1.47. The number of rotatable bonds is 3. The fourth-order valence-electron chi connectivity index (χ4n) is 2.09. The number of nitrogens with one attached hydrogen (secondary N) is 1. The molecule has 0 radical (unpaired) electrons. The van der Waals surface area contributed by atoms with Crippen molar-refractivity contribution in [1.29, 1.82) is 0 Å². The van der Waals surface area contributed by atoms with E-state index in [0.29, 0.717) is 30.3 Å². The van der Waals surface area contributed by atoms with Crippen LogP contribution in [0.5, 0.6) is 0 Å². The van der Waals surface area contributed by atoms with Crippen molar-refractivity contribution in [1.82, 2.24) is 4.90 Å². The lowest BCUT2D eigenvalue weighted by atomic mass is 10.2. The minimum Gasteiger partial charge on any atom is -0.397 e.